The number of nitrogens with one attached hydrogen (secondary N) is 2. The molecule has 2 N–H and O–H groups in total. The highest BCUT2D eigenvalue weighted by Gasteiger charge is 2.16. The van der Waals surface area contributed by atoms with Gasteiger partial charge in [-0.2, -0.15) is 0 Å². The van der Waals surface area contributed by atoms with Gasteiger partial charge < -0.3 is 15.4 Å². The van der Waals surface area contributed by atoms with Gasteiger partial charge in [0.15, 0.2) is 5.13 Å². The Morgan fingerprint density at radius 2 is 2.19 bits per heavy atom. The molecule has 6 heteroatoms. The Hall–Kier alpha value is -2.08. The molecule has 1 unspecified atom stereocenters. The number of rotatable bonds is 5. The van der Waals surface area contributed by atoms with Crippen LogP contribution in [0.15, 0.2) is 47.8 Å². The third kappa shape index (κ3) is 3.70. The van der Waals surface area contributed by atoms with Crippen LogP contribution in [-0.4, -0.2) is 18.6 Å². The van der Waals surface area contributed by atoms with E-state index in [9.17, 15) is 0 Å². The lowest BCUT2D eigenvalue weighted by Gasteiger charge is -2.11. The van der Waals surface area contributed by atoms with Gasteiger partial charge in [-0.1, -0.05) is 29.8 Å². The zero-order valence-electron chi connectivity index (χ0n) is 14.5. The highest BCUT2D eigenvalue weighted by molar-refractivity contribution is 7.14. The smallest absolute Gasteiger partial charge is 0.187 e. The van der Waals surface area contributed by atoms with Gasteiger partial charge in [-0.25, -0.2) is 4.98 Å². The van der Waals surface area contributed by atoms with Gasteiger partial charge in [-0.3, -0.25) is 0 Å². The van der Waals surface area contributed by atoms with Crippen molar-refractivity contribution in [3.63, 3.8) is 0 Å². The number of methoxy groups -OCH3 is 1. The van der Waals surface area contributed by atoms with E-state index >= 15 is 0 Å². The summed E-state index contributed by atoms with van der Waals surface area (Å²) in [6.45, 7) is 1.10. The van der Waals surface area contributed by atoms with E-state index in [1.54, 1.807) is 18.4 Å². The molecular weight excluding hydrogens is 366 g/mol. The van der Waals surface area contributed by atoms with E-state index in [1.165, 1.54) is 18.4 Å². The summed E-state index contributed by atoms with van der Waals surface area (Å²) in [5, 5.41) is 10.4. The van der Waals surface area contributed by atoms with Crippen molar-refractivity contribution in [2.45, 2.75) is 18.9 Å². The van der Waals surface area contributed by atoms with Crippen LogP contribution in [-0.2, 0) is 0 Å². The van der Waals surface area contributed by atoms with E-state index in [0.717, 1.165) is 28.6 Å². The number of hydrogen-bond donors (Lipinski definition) is 2. The second-order valence-electron chi connectivity index (χ2n) is 6.29. The highest BCUT2D eigenvalue weighted by Crippen LogP contribution is 2.32. The van der Waals surface area contributed by atoms with Gasteiger partial charge in [0, 0.05) is 22.7 Å². The van der Waals surface area contributed by atoms with Gasteiger partial charge in [-0.15, -0.1) is 11.3 Å². The van der Waals surface area contributed by atoms with Crippen LogP contribution in [0.2, 0.25) is 5.02 Å². The Morgan fingerprint density at radius 1 is 1.27 bits per heavy atom. The topological polar surface area (TPSA) is 46.2 Å². The van der Waals surface area contributed by atoms with E-state index in [1.807, 2.05) is 18.2 Å². The van der Waals surface area contributed by atoms with Crippen LogP contribution in [0.1, 0.15) is 24.4 Å². The van der Waals surface area contributed by atoms with Gasteiger partial charge in [0.1, 0.15) is 5.75 Å². The fourth-order valence-electron chi connectivity index (χ4n) is 3.22. The molecule has 26 heavy (non-hydrogen) atoms. The van der Waals surface area contributed by atoms with Crippen molar-refractivity contribution in [3.8, 4) is 17.0 Å². The van der Waals surface area contributed by atoms with Gasteiger partial charge in [-0.05, 0) is 49.2 Å². The molecule has 1 saturated heterocycles. The highest BCUT2D eigenvalue weighted by atomic mass is 35.5. The van der Waals surface area contributed by atoms with E-state index in [4.69, 9.17) is 21.3 Å². The van der Waals surface area contributed by atoms with Crippen molar-refractivity contribution < 1.29 is 4.74 Å². The maximum atomic E-state index is 6.19. The lowest BCUT2D eigenvalue weighted by Crippen LogP contribution is -2.12. The summed E-state index contributed by atoms with van der Waals surface area (Å²) < 4.78 is 5.19. The molecule has 134 valence electrons. The van der Waals surface area contributed by atoms with E-state index in [2.05, 4.69) is 40.3 Å². The second kappa shape index (κ2) is 7.66. The molecule has 0 saturated carbocycles. The van der Waals surface area contributed by atoms with Gasteiger partial charge in [0.05, 0.1) is 17.8 Å². The van der Waals surface area contributed by atoms with Crippen molar-refractivity contribution >= 4 is 33.8 Å². The maximum Gasteiger partial charge on any atom is 0.187 e. The molecule has 2 aromatic carbocycles. The molecule has 1 fully saturated rings. The molecule has 2 heterocycles. The first-order valence-corrected chi connectivity index (χ1v) is 9.88. The summed E-state index contributed by atoms with van der Waals surface area (Å²) in [4.78, 5) is 4.73. The second-order valence-corrected chi connectivity index (χ2v) is 7.55. The molecule has 4 nitrogen and oxygen atoms in total. The van der Waals surface area contributed by atoms with Gasteiger partial charge in [0.25, 0.3) is 0 Å². The number of thiazole rings is 1. The molecule has 0 spiro atoms. The minimum atomic E-state index is 0.465. The number of halogens is 1. The van der Waals surface area contributed by atoms with Crippen molar-refractivity contribution in [1.82, 2.24) is 10.3 Å². The molecule has 0 radical (unpaired) electrons. The fourth-order valence-corrected chi connectivity index (χ4v) is 4.21. The normalized spacial score (nSPS) is 16.6. The molecule has 0 amide bonds. The first-order valence-electron chi connectivity index (χ1n) is 8.63. The van der Waals surface area contributed by atoms with Crippen LogP contribution in [0.3, 0.4) is 0 Å². The Bertz CT molecular complexity index is 906. The molecule has 3 aromatic rings. The summed E-state index contributed by atoms with van der Waals surface area (Å²) in [6.07, 6.45) is 2.44. The van der Waals surface area contributed by atoms with Crippen LogP contribution in [0.5, 0.6) is 5.75 Å². The van der Waals surface area contributed by atoms with Crippen molar-refractivity contribution in [1.29, 1.82) is 0 Å². The quantitative estimate of drug-likeness (QED) is 0.596. The average Bonchev–Trinajstić information content (AvgIpc) is 3.34. The Balaban J connectivity index is 1.53. The van der Waals surface area contributed by atoms with Crippen LogP contribution < -0.4 is 15.4 Å². The summed E-state index contributed by atoms with van der Waals surface area (Å²) >= 11 is 7.77. The van der Waals surface area contributed by atoms with E-state index in [-0.39, 0.29) is 0 Å². The summed E-state index contributed by atoms with van der Waals surface area (Å²) in [6, 6.07) is 14.7. The predicted molar refractivity (Wildman–Crippen MR) is 109 cm³/mol. The summed E-state index contributed by atoms with van der Waals surface area (Å²) in [5.74, 6) is 0.661. The van der Waals surface area contributed by atoms with Gasteiger partial charge >= 0.3 is 0 Å². The molecule has 4 rings (SSSR count). The van der Waals surface area contributed by atoms with E-state index in [0.29, 0.717) is 16.8 Å². The average molecular weight is 386 g/mol. The number of nitrogens with zero attached hydrogens (tertiary/aromatic N) is 1. The maximum absolute atomic E-state index is 6.19. The summed E-state index contributed by atoms with van der Waals surface area (Å²) in [7, 11) is 1.61. The van der Waals surface area contributed by atoms with Crippen molar-refractivity contribution in [2.24, 2.45) is 0 Å². The standard InChI is InChI=1S/C20H20ClN3OS/c1-25-19-8-7-15(11-16(19)21)23-20-24-18(12-26-20)14-5-2-4-13(10-14)17-6-3-9-22-17/h2,4-5,7-8,10-12,17,22H,3,6,9H2,1H3,(H,23,24). The van der Waals surface area contributed by atoms with Crippen LogP contribution >= 0.6 is 22.9 Å². The Labute approximate surface area is 162 Å². The molecular formula is C20H20ClN3OS. The summed E-state index contributed by atoms with van der Waals surface area (Å²) in [5.41, 5.74) is 4.36. The zero-order valence-corrected chi connectivity index (χ0v) is 16.0. The Morgan fingerprint density at radius 3 is 2.96 bits per heavy atom. The minimum absolute atomic E-state index is 0.465. The lowest BCUT2D eigenvalue weighted by molar-refractivity contribution is 0.415. The van der Waals surface area contributed by atoms with Crippen LogP contribution in [0.25, 0.3) is 11.3 Å². The lowest BCUT2D eigenvalue weighted by atomic mass is 10.0. The van der Waals surface area contributed by atoms with Gasteiger partial charge in [0.2, 0.25) is 0 Å². The fraction of sp³-hybridized carbons (Fsp3) is 0.250. The molecule has 0 bridgehead atoms. The number of benzene rings is 2. The monoisotopic (exact) mass is 385 g/mol. The number of anilines is 2. The third-order valence-electron chi connectivity index (χ3n) is 4.55. The van der Waals surface area contributed by atoms with Crippen molar-refractivity contribution in [2.75, 3.05) is 19.0 Å². The number of hydrogen-bond acceptors (Lipinski definition) is 5. The molecule has 1 aliphatic heterocycles. The molecule has 1 aromatic heterocycles. The molecule has 0 aliphatic carbocycles. The predicted octanol–water partition coefficient (Wildman–Crippen LogP) is 5.64. The SMILES string of the molecule is COc1ccc(Nc2nc(-c3cccc(C4CCCN4)c3)cs2)cc1Cl. The zero-order chi connectivity index (χ0) is 17.9. The van der Waals surface area contributed by atoms with Crippen molar-refractivity contribution in [3.05, 3.63) is 58.4 Å². The third-order valence-corrected chi connectivity index (χ3v) is 5.61. The van der Waals surface area contributed by atoms with E-state index < -0.39 is 0 Å². The minimum Gasteiger partial charge on any atom is -0.495 e. The first-order chi connectivity index (χ1) is 12.7. The van der Waals surface area contributed by atoms with Crippen LogP contribution in [0, 0.1) is 0 Å². The molecule has 1 aliphatic rings. The first kappa shape index (κ1) is 17.3. The molecule has 1 atom stereocenters. The number of aromatic nitrogens is 1. The largest absolute Gasteiger partial charge is 0.495 e. The number of ether oxygens (including phenoxy) is 1. The van der Waals surface area contributed by atoms with Crippen LogP contribution in [0.4, 0.5) is 10.8 Å². The Kier molecular flexibility index (Phi) is 5.11.